The van der Waals surface area contributed by atoms with Crippen LogP contribution in [0.25, 0.3) is 0 Å². The molecule has 0 radical (unpaired) electrons. The molecule has 1 N–H and O–H groups in total. The first-order valence-electron chi connectivity index (χ1n) is 7.69. The Kier molecular flexibility index (Phi) is 7.18. The largest absolute Gasteiger partial charge is 0.314 e. The lowest BCUT2D eigenvalue weighted by Gasteiger charge is -2.27. The highest BCUT2D eigenvalue weighted by Crippen LogP contribution is 2.27. The molecular weight excluding hydrogens is 288 g/mol. The smallest absolute Gasteiger partial charge is 0.0621 e. The Bertz CT molecular complexity index is 394. The van der Waals surface area contributed by atoms with Crippen molar-refractivity contribution in [2.45, 2.75) is 45.1 Å². The first-order chi connectivity index (χ1) is 9.79. The molecule has 1 aromatic rings. The van der Waals surface area contributed by atoms with Crippen molar-refractivity contribution in [3.05, 3.63) is 29.0 Å². The molecule has 0 saturated carbocycles. The second kappa shape index (κ2) is 8.91. The van der Waals surface area contributed by atoms with Crippen LogP contribution >= 0.6 is 23.4 Å². The molecule has 0 aromatic carbocycles. The molecule has 112 valence electrons. The van der Waals surface area contributed by atoms with E-state index < -0.39 is 0 Å². The fraction of sp³-hybridized carbons (Fsp3) is 0.688. The molecule has 4 heteroatoms. The summed E-state index contributed by atoms with van der Waals surface area (Å²) in [5.74, 6) is 3.55. The lowest BCUT2D eigenvalue weighted by atomic mass is 9.91. The van der Waals surface area contributed by atoms with Crippen molar-refractivity contribution in [1.82, 2.24) is 10.3 Å². The van der Waals surface area contributed by atoms with E-state index in [4.69, 9.17) is 11.6 Å². The summed E-state index contributed by atoms with van der Waals surface area (Å²) in [6, 6.07) is 2.60. The normalized spacial score (nSPS) is 18.1. The number of hydrogen-bond donors (Lipinski definition) is 1. The summed E-state index contributed by atoms with van der Waals surface area (Å²) in [4.78, 5) is 4.07. The van der Waals surface area contributed by atoms with Gasteiger partial charge in [-0.1, -0.05) is 18.5 Å². The van der Waals surface area contributed by atoms with E-state index >= 15 is 0 Å². The number of aromatic nitrogens is 1. The van der Waals surface area contributed by atoms with Crippen molar-refractivity contribution >= 4 is 23.4 Å². The molecule has 2 heterocycles. The van der Waals surface area contributed by atoms with Crippen LogP contribution in [-0.2, 0) is 6.42 Å². The monoisotopic (exact) mass is 312 g/mol. The van der Waals surface area contributed by atoms with Crippen LogP contribution in [0.15, 0.2) is 18.5 Å². The summed E-state index contributed by atoms with van der Waals surface area (Å²) in [7, 11) is 0. The van der Waals surface area contributed by atoms with E-state index in [2.05, 4.69) is 35.1 Å². The molecule has 0 spiro atoms. The summed E-state index contributed by atoms with van der Waals surface area (Å²) in [5.41, 5.74) is 1.22. The van der Waals surface area contributed by atoms with Gasteiger partial charge in [0.1, 0.15) is 0 Å². The summed E-state index contributed by atoms with van der Waals surface area (Å²) in [5, 5.41) is 4.51. The van der Waals surface area contributed by atoms with Gasteiger partial charge in [-0.05, 0) is 67.7 Å². The molecule has 1 fully saturated rings. The average Bonchev–Trinajstić information content (AvgIpc) is 2.48. The van der Waals surface area contributed by atoms with Crippen LogP contribution in [0.3, 0.4) is 0 Å². The van der Waals surface area contributed by atoms with Gasteiger partial charge in [0.05, 0.1) is 5.02 Å². The Balaban J connectivity index is 1.93. The molecule has 1 unspecified atom stereocenters. The number of thioether (sulfide) groups is 1. The number of rotatable bonds is 7. The van der Waals surface area contributed by atoms with Gasteiger partial charge in [0.25, 0.3) is 0 Å². The van der Waals surface area contributed by atoms with Gasteiger partial charge in [-0.2, -0.15) is 11.8 Å². The number of nitrogens with zero attached hydrogens (tertiary/aromatic N) is 1. The number of pyridine rings is 1. The summed E-state index contributed by atoms with van der Waals surface area (Å²) >= 11 is 8.35. The maximum atomic E-state index is 6.25. The van der Waals surface area contributed by atoms with E-state index in [0.29, 0.717) is 6.04 Å². The molecule has 0 bridgehead atoms. The van der Waals surface area contributed by atoms with Gasteiger partial charge in [0, 0.05) is 18.4 Å². The van der Waals surface area contributed by atoms with E-state index in [0.717, 1.165) is 23.9 Å². The Labute approximate surface area is 132 Å². The van der Waals surface area contributed by atoms with Crippen molar-refractivity contribution in [3.8, 4) is 0 Å². The molecule has 20 heavy (non-hydrogen) atoms. The van der Waals surface area contributed by atoms with Crippen LogP contribution < -0.4 is 5.32 Å². The van der Waals surface area contributed by atoms with Crippen molar-refractivity contribution < 1.29 is 0 Å². The van der Waals surface area contributed by atoms with Gasteiger partial charge in [-0.25, -0.2) is 0 Å². The van der Waals surface area contributed by atoms with E-state index in [1.165, 1.54) is 42.8 Å². The summed E-state index contributed by atoms with van der Waals surface area (Å²) in [6.45, 7) is 3.32. The van der Waals surface area contributed by atoms with Gasteiger partial charge < -0.3 is 5.32 Å². The van der Waals surface area contributed by atoms with E-state index in [-0.39, 0.29) is 0 Å². The zero-order chi connectivity index (χ0) is 14.2. The first kappa shape index (κ1) is 16.1. The molecule has 2 nitrogen and oxygen atoms in total. The Morgan fingerprint density at radius 3 is 2.95 bits per heavy atom. The predicted octanol–water partition coefficient (Wildman–Crippen LogP) is 4.18. The minimum absolute atomic E-state index is 0.544. The summed E-state index contributed by atoms with van der Waals surface area (Å²) in [6.07, 6.45) is 9.82. The van der Waals surface area contributed by atoms with Crippen molar-refractivity contribution in [2.75, 3.05) is 18.1 Å². The third-order valence-electron chi connectivity index (χ3n) is 3.96. The molecule has 1 aromatic heterocycles. The highest BCUT2D eigenvalue weighted by atomic mass is 35.5. The zero-order valence-corrected chi connectivity index (χ0v) is 13.8. The molecule has 0 amide bonds. The van der Waals surface area contributed by atoms with Crippen LogP contribution in [-0.4, -0.2) is 29.1 Å². The Morgan fingerprint density at radius 1 is 1.45 bits per heavy atom. The minimum atomic E-state index is 0.544. The maximum Gasteiger partial charge on any atom is 0.0621 e. The lowest BCUT2D eigenvalue weighted by Crippen LogP contribution is -2.34. The van der Waals surface area contributed by atoms with Gasteiger partial charge in [-0.15, -0.1) is 0 Å². The Hall–Kier alpha value is -0.250. The van der Waals surface area contributed by atoms with Crippen LogP contribution in [0.2, 0.25) is 5.02 Å². The maximum absolute atomic E-state index is 6.25. The molecule has 1 atom stereocenters. The van der Waals surface area contributed by atoms with Gasteiger partial charge in [0.15, 0.2) is 0 Å². The summed E-state index contributed by atoms with van der Waals surface area (Å²) < 4.78 is 0. The fourth-order valence-corrected chi connectivity index (χ4v) is 4.21. The quantitative estimate of drug-likeness (QED) is 0.817. The standard InChI is InChI=1S/C16H25ClN2S/c1-2-6-19-15(10-13-4-8-20-9-5-13)11-14-3-7-18-12-16(14)17/h3,7,12-13,15,19H,2,4-6,8-11H2,1H3. The third kappa shape index (κ3) is 5.27. The second-order valence-electron chi connectivity index (χ2n) is 5.61. The fourth-order valence-electron chi connectivity index (χ4n) is 2.81. The molecular formula is C16H25ClN2S. The molecule has 0 aliphatic carbocycles. The van der Waals surface area contributed by atoms with E-state index in [9.17, 15) is 0 Å². The van der Waals surface area contributed by atoms with Crippen molar-refractivity contribution in [1.29, 1.82) is 0 Å². The van der Waals surface area contributed by atoms with Crippen LogP contribution in [0, 0.1) is 5.92 Å². The van der Waals surface area contributed by atoms with E-state index in [1.54, 1.807) is 6.20 Å². The van der Waals surface area contributed by atoms with Crippen molar-refractivity contribution in [2.24, 2.45) is 5.92 Å². The number of halogens is 1. The van der Waals surface area contributed by atoms with Crippen LogP contribution in [0.1, 0.15) is 38.2 Å². The number of nitrogens with one attached hydrogen (secondary N) is 1. The average molecular weight is 313 g/mol. The van der Waals surface area contributed by atoms with Gasteiger partial charge in [0.2, 0.25) is 0 Å². The highest BCUT2D eigenvalue weighted by Gasteiger charge is 2.19. The van der Waals surface area contributed by atoms with Crippen LogP contribution in [0.4, 0.5) is 0 Å². The topological polar surface area (TPSA) is 24.9 Å². The van der Waals surface area contributed by atoms with E-state index in [1.807, 2.05) is 6.20 Å². The van der Waals surface area contributed by atoms with Crippen molar-refractivity contribution in [3.63, 3.8) is 0 Å². The SMILES string of the molecule is CCCNC(Cc1ccncc1Cl)CC1CCSCC1. The highest BCUT2D eigenvalue weighted by molar-refractivity contribution is 7.99. The molecule has 1 saturated heterocycles. The third-order valence-corrected chi connectivity index (χ3v) is 5.35. The van der Waals surface area contributed by atoms with Crippen LogP contribution in [0.5, 0.6) is 0 Å². The van der Waals surface area contributed by atoms with Gasteiger partial charge in [-0.3, -0.25) is 4.98 Å². The number of hydrogen-bond acceptors (Lipinski definition) is 3. The predicted molar refractivity (Wildman–Crippen MR) is 89.7 cm³/mol. The zero-order valence-electron chi connectivity index (χ0n) is 12.3. The Morgan fingerprint density at radius 2 is 2.25 bits per heavy atom. The molecule has 2 rings (SSSR count). The van der Waals surface area contributed by atoms with Gasteiger partial charge >= 0.3 is 0 Å². The second-order valence-corrected chi connectivity index (χ2v) is 7.25. The lowest BCUT2D eigenvalue weighted by molar-refractivity contribution is 0.362. The molecule has 1 aliphatic heterocycles. The minimum Gasteiger partial charge on any atom is -0.314 e. The first-order valence-corrected chi connectivity index (χ1v) is 9.22. The molecule has 1 aliphatic rings.